The molecule has 1 aliphatic rings. The molecule has 18 heavy (non-hydrogen) atoms. The number of benzene rings is 1. The minimum atomic E-state index is -0.481. The van der Waals surface area contributed by atoms with Crippen molar-refractivity contribution in [3.8, 4) is 5.75 Å². The molecule has 1 aliphatic heterocycles. The van der Waals surface area contributed by atoms with Gasteiger partial charge >= 0.3 is 11.9 Å². The molecule has 1 heterocycles. The summed E-state index contributed by atoms with van der Waals surface area (Å²) in [5, 5.41) is 0. The number of aliphatic imine (C=N–C) groups is 1. The molecule has 5 nitrogen and oxygen atoms in total. The van der Waals surface area contributed by atoms with Gasteiger partial charge in [0.25, 0.3) is 0 Å². The number of ether oxygens (including phenoxy) is 2. The molecular formula is C13H11NO4. The molecule has 0 radical (unpaired) electrons. The number of cyclic esters (lactones) is 1. The molecule has 0 saturated carbocycles. The number of carbonyl (C=O) groups is 2. The average Bonchev–Trinajstić information content (AvgIpc) is 2.57. The van der Waals surface area contributed by atoms with E-state index < -0.39 is 11.9 Å². The van der Waals surface area contributed by atoms with E-state index in [0.717, 1.165) is 0 Å². The van der Waals surface area contributed by atoms with Crippen LogP contribution in [0.3, 0.4) is 0 Å². The molecule has 0 amide bonds. The first-order chi connectivity index (χ1) is 8.54. The lowest BCUT2D eigenvalue weighted by molar-refractivity contribution is -0.132. The summed E-state index contributed by atoms with van der Waals surface area (Å²) in [7, 11) is 0. The monoisotopic (exact) mass is 245 g/mol. The van der Waals surface area contributed by atoms with Crippen LogP contribution >= 0.6 is 0 Å². The van der Waals surface area contributed by atoms with Crippen molar-refractivity contribution in [3.05, 3.63) is 35.5 Å². The normalized spacial score (nSPS) is 16.4. The fourth-order valence-electron chi connectivity index (χ4n) is 1.51. The van der Waals surface area contributed by atoms with E-state index in [1.807, 2.05) is 0 Å². The van der Waals surface area contributed by atoms with Crippen molar-refractivity contribution in [2.75, 3.05) is 0 Å². The number of nitrogens with zero attached hydrogens (tertiary/aromatic N) is 1. The van der Waals surface area contributed by atoms with Gasteiger partial charge in [-0.3, -0.25) is 4.79 Å². The highest BCUT2D eigenvalue weighted by Crippen LogP contribution is 2.19. The first-order valence-corrected chi connectivity index (χ1v) is 5.32. The Balaban J connectivity index is 2.27. The Bertz CT molecular complexity index is 572. The highest BCUT2D eigenvalue weighted by atomic mass is 16.6. The Hall–Kier alpha value is -2.43. The SMILES string of the molecule is CC(=O)Oc1cccc(/C=C2/N=C(C)OC2=O)c1. The quantitative estimate of drug-likeness (QED) is 0.453. The third-order valence-electron chi connectivity index (χ3n) is 2.15. The molecule has 0 N–H and O–H groups in total. The fourth-order valence-corrected chi connectivity index (χ4v) is 1.51. The summed E-state index contributed by atoms with van der Waals surface area (Å²) >= 11 is 0. The van der Waals surface area contributed by atoms with Crippen LogP contribution in [-0.2, 0) is 14.3 Å². The predicted octanol–water partition coefficient (Wildman–Crippen LogP) is 1.93. The fraction of sp³-hybridized carbons (Fsp3) is 0.154. The van der Waals surface area contributed by atoms with Gasteiger partial charge in [0, 0.05) is 13.8 Å². The smallest absolute Gasteiger partial charge is 0.363 e. The van der Waals surface area contributed by atoms with E-state index >= 15 is 0 Å². The molecule has 0 aromatic heterocycles. The van der Waals surface area contributed by atoms with Crippen molar-refractivity contribution < 1.29 is 19.1 Å². The van der Waals surface area contributed by atoms with E-state index in [9.17, 15) is 9.59 Å². The zero-order chi connectivity index (χ0) is 13.1. The molecule has 92 valence electrons. The van der Waals surface area contributed by atoms with Crippen LogP contribution in [0.4, 0.5) is 0 Å². The van der Waals surface area contributed by atoms with E-state index in [2.05, 4.69) is 4.99 Å². The lowest BCUT2D eigenvalue weighted by Crippen LogP contribution is -2.01. The molecule has 0 saturated heterocycles. The van der Waals surface area contributed by atoms with Crippen molar-refractivity contribution in [2.45, 2.75) is 13.8 Å². The number of hydrogen-bond acceptors (Lipinski definition) is 5. The summed E-state index contributed by atoms with van der Waals surface area (Å²) in [6, 6.07) is 6.80. The Kier molecular flexibility index (Phi) is 3.23. The summed E-state index contributed by atoms with van der Waals surface area (Å²) in [6.45, 7) is 2.93. The molecular weight excluding hydrogens is 234 g/mol. The second-order valence-corrected chi connectivity index (χ2v) is 3.72. The standard InChI is InChI=1S/C13H11NO4/c1-8-14-12(13(16)17-8)7-10-4-3-5-11(6-10)18-9(2)15/h3-7H,1-2H3/b12-7+. The van der Waals surface area contributed by atoms with Crippen LogP contribution in [0, 0.1) is 0 Å². The molecule has 5 heteroatoms. The van der Waals surface area contributed by atoms with Crippen molar-refractivity contribution in [1.29, 1.82) is 0 Å². The van der Waals surface area contributed by atoms with Gasteiger partial charge in [0.05, 0.1) is 0 Å². The van der Waals surface area contributed by atoms with Gasteiger partial charge in [0.1, 0.15) is 5.75 Å². The molecule has 1 aromatic carbocycles. The van der Waals surface area contributed by atoms with Crippen LogP contribution in [0.5, 0.6) is 5.75 Å². The second kappa shape index (κ2) is 4.83. The van der Waals surface area contributed by atoms with Crippen LogP contribution in [0.15, 0.2) is 35.0 Å². The third-order valence-corrected chi connectivity index (χ3v) is 2.15. The average molecular weight is 245 g/mol. The summed E-state index contributed by atoms with van der Waals surface area (Å²) in [6.07, 6.45) is 1.58. The third kappa shape index (κ3) is 2.82. The maximum absolute atomic E-state index is 11.4. The minimum Gasteiger partial charge on any atom is -0.427 e. The summed E-state index contributed by atoms with van der Waals surface area (Å²) in [5.74, 6) is -0.134. The van der Waals surface area contributed by atoms with E-state index in [-0.39, 0.29) is 5.70 Å². The van der Waals surface area contributed by atoms with Crippen LogP contribution in [0.1, 0.15) is 19.4 Å². The summed E-state index contributed by atoms with van der Waals surface area (Å²) in [4.78, 5) is 26.1. The highest BCUT2D eigenvalue weighted by Gasteiger charge is 2.19. The molecule has 0 aliphatic carbocycles. The first kappa shape index (κ1) is 12.0. The summed E-state index contributed by atoms with van der Waals surface area (Å²) < 4.78 is 9.75. The van der Waals surface area contributed by atoms with Gasteiger partial charge in [0.15, 0.2) is 11.6 Å². The Morgan fingerprint density at radius 1 is 1.44 bits per heavy atom. The van der Waals surface area contributed by atoms with Gasteiger partial charge in [-0.2, -0.15) is 0 Å². The molecule has 0 fully saturated rings. The van der Waals surface area contributed by atoms with Crippen molar-refractivity contribution in [1.82, 2.24) is 0 Å². The Labute approximate surface area is 104 Å². The molecule has 0 bridgehead atoms. The van der Waals surface area contributed by atoms with Crippen molar-refractivity contribution in [3.63, 3.8) is 0 Å². The highest BCUT2D eigenvalue weighted by molar-refractivity contribution is 6.06. The van der Waals surface area contributed by atoms with Crippen molar-refractivity contribution >= 4 is 23.9 Å². The van der Waals surface area contributed by atoms with Gasteiger partial charge in [-0.25, -0.2) is 9.79 Å². The lowest BCUT2D eigenvalue weighted by Gasteiger charge is -2.01. The molecule has 0 unspecified atom stereocenters. The van der Waals surface area contributed by atoms with Crippen molar-refractivity contribution in [2.24, 2.45) is 4.99 Å². The second-order valence-electron chi connectivity index (χ2n) is 3.72. The molecule has 0 atom stereocenters. The van der Waals surface area contributed by atoms with Crippen LogP contribution in [0.25, 0.3) is 6.08 Å². The molecule has 2 rings (SSSR count). The lowest BCUT2D eigenvalue weighted by atomic mass is 10.2. The van der Waals surface area contributed by atoms with Crippen LogP contribution < -0.4 is 4.74 Å². The number of rotatable bonds is 2. The van der Waals surface area contributed by atoms with E-state index in [0.29, 0.717) is 17.2 Å². The van der Waals surface area contributed by atoms with Gasteiger partial charge in [0.2, 0.25) is 0 Å². The topological polar surface area (TPSA) is 65.0 Å². The number of carbonyl (C=O) groups excluding carboxylic acids is 2. The number of hydrogen-bond donors (Lipinski definition) is 0. The maximum atomic E-state index is 11.4. The molecule has 1 aromatic rings. The zero-order valence-corrected chi connectivity index (χ0v) is 9.97. The minimum absolute atomic E-state index is 0.229. The van der Waals surface area contributed by atoms with Crippen LogP contribution in [-0.4, -0.2) is 17.8 Å². The number of esters is 2. The predicted molar refractivity (Wildman–Crippen MR) is 64.9 cm³/mol. The maximum Gasteiger partial charge on any atom is 0.363 e. The van der Waals surface area contributed by atoms with E-state index in [4.69, 9.17) is 9.47 Å². The first-order valence-electron chi connectivity index (χ1n) is 5.32. The molecule has 0 spiro atoms. The van der Waals surface area contributed by atoms with Gasteiger partial charge in [-0.05, 0) is 23.8 Å². The van der Waals surface area contributed by atoms with E-state index in [1.54, 1.807) is 37.3 Å². The van der Waals surface area contributed by atoms with E-state index in [1.165, 1.54) is 6.92 Å². The van der Waals surface area contributed by atoms with Gasteiger partial charge in [-0.1, -0.05) is 12.1 Å². The largest absolute Gasteiger partial charge is 0.427 e. The zero-order valence-electron chi connectivity index (χ0n) is 9.97. The Morgan fingerprint density at radius 2 is 2.22 bits per heavy atom. The van der Waals surface area contributed by atoms with Gasteiger partial charge in [-0.15, -0.1) is 0 Å². The van der Waals surface area contributed by atoms with Crippen LogP contribution in [0.2, 0.25) is 0 Å². The van der Waals surface area contributed by atoms with Gasteiger partial charge < -0.3 is 9.47 Å². The summed E-state index contributed by atoms with van der Waals surface area (Å²) in [5.41, 5.74) is 0.937. The Morgan fingerprint density at radius 3 is 2.83 bits per heavy atom.